The van der Waals surface area contributed by atoms with Gasteiger partial charge in [0.15, 0.2) is 0 Å². The Hall–Kier alpha value is -0.500. The SMILES string of the molecule is CC(C)Oc1c(Br)cc(C(C)(C)C)cc1C(C)(C)C. The third-order valence-electron chi connectivity index (χ3n) is 3.07. The Morgan fingerprint density at radius 3 is 1.84 bits per heavy atom. The molecule has 0 aliphatic carbocycles. The summed E-state index contributed by atoms with van der Waals surface area (Å²) < 4.78 is 7.08. The molecule has 0 aromatic heterocycles. The molecule has 0 fully saturated rings. The van der Waals surface area contributed by atoms with Gasteiger partial charge in [0.05, 0.1) is 10.6 Å². The summed E-state index contributed by atoms with van der Waals surface area (Å²) in [5, 5.41) is 0. The normalized spacial score (nSPS) is 12.9. The Balaban J connectivity index is 3.48. The smallest absolute Gasteiger partial charge is 0.137 e. The molecule has 19 heavy (non-hydrogen) atoms. The lowest BCUT2D eigenvalue weighted by Gasteiger charge is -2.29. The molecule has 0 unspecified atom stereocenters. The van der Waals surface area contributed by atoms with Crippen molar-refractivity contribution < 1.29 is 4.74 Å². The van der Waals surface area contributed by atoms with Gasteiger partial charge in [0.25, 0.3) is 0 Å². The second-order valence-corrected chi connectivity index (χ2v) is 8.36. The van der Waals surface area contributed by atoms with Crippen molar-refractivity contribution in [2.75, 3.05) is 0 Å². The molecule has 0 aliphatic heterocycles. The fourth-order valence-electron chi connectivity index (χ4n) is 1.94. The van der Waals surface area contributed by atoms with Gasteiger partial charge in [-0.1, -0.05) is 47.6 Å². The van der Waals surface area contributed by atoms with Crippen LogP contribution in [0.15, 0.2) is 16.6 Å². The van der Waals surface area contributed by atoms with Crippen LogP contribution in [0.5, 0.6) is 5.75 Å². The number of ether oxygens (including phenoxy) is 1. The van der Waals surface area contributed by atoms with Crippen LogP contribution in [0.4, 0.5) is 0 Å². The number of benzene rings is 1. The summed E-state index contributed by atoms with van der Waals surface area (Å²) in [5.41, 5.74) is 2.80. The zero-order valence-corrected chi connectivity index (χ0v) is 15.1. The van der Waals surface area contributed by atoms with Crippen molar-refractivity contribution in [1.29, 1.82) is 0 Å². The molecule has 0 N–H and O–H groups in total. The first kappa shape index (κ1) is 16.6. The van der Waals surface area contributed by atoms with Crippen molar-refractivity contribution in [2.45, 2.75) is 72.3 Å². The molecule has 0 aliphatic rings. The Morgan fingerprint density at radius 1 is 0.947 bits per heavy atom. The molecule has 0 radical (unpaired) electrons. The monoisotopic (exact) mass is 326 g/mol. The lowest BCUT2D eigenvalue weighted by molar-refractivity contribution is 0.235. The van der Waals surface area contributed by atoms with Gasteiger partial charge in [-0.25, -0.2) is 0 Å². The maximum atomic E-state index is 6.02. The summed E-state index contributed by atoms with van der Waals surface area (Å²) in [7, 11) is 0. The van der Waals surface area contributed by atoms with Crippen LogP contribution in [-0.2, 0) is 10.8 Å². The molecule has 0 saturated carbocycles. The molecule has 2 heteroatoms. The number of hydrogen-bond donors (Lipinski definition) is 0. The van der Waals surface area contributed by atoms with E-state index in [0.717, 1.165) is 10.2 Å². The molecule has 108 valence electrons. The second kappa shape index (κ2) is 5.47. The van der Waals surface area contributed by atoms with Gasteiger partial charge in [-0.05, 0) is 52.2 Å². The topological polar surface area (TPSA) is 9.23 Å². The van der Waals surface area contributed by atoms with E-state index in [1.165, 1.54) is 11.1 Å². The van der Waals surface area contributed by atoms with Crippen LogP contribution >= 0.6 is 15.9 Å². The average Bonchev–Trinajstić information content (AvgIpc) is 2.16. The zero-order chi connectivity index (χ0) is 15.0. The van der Waals surface area contributed by atoms with E-state index in [-0.39, 0.29) is 16.9 Å². The quantitative estimate of drug-likeness (QED) is 0.664. The second-order valence-electron chi connectivity index (χ2n) is 7.50. The van der Waals surface area contributed by atoms with Gasteiger partial charge in [-0.15, -0.1) is 0 Å². The van der Waals surface area contributed by atoms with Gasteiger partial charge in [0.1, 0.15) is 5.75 Å². The van der Waals surface area contributed by atoms with Gasteiger partial charge in [0.2, 0.25) is 0 Å². The Labute approximate surface area is 126 Å². The van der Waals surface area contributed by atoms with E-state index in [4.69, 9.17) is 4.74 Å². The molecule has 0 spiro atoms. The number of rotatable bonds is 2. The fourth-order valence-corrected chi connectivity index (χ4v) is 2.49. The highest BCUT2D eigenvalue weighted by molar-refractivity contribution is 9.10. The van der Waals surface area contributed by atoms with E-state index in [1.807, 2.05) is 0 Å². The van der Waals surface area contributed by atoms with Gasteiger partial charge in [-0.2, -0.15) is 0 Å². The largest absolute Gasteiger partial charge is 0.490 e. The molecule has 1 aromatic rings. The predicted octanol–water partition coefficient (Wildman–Crippen LogP) is 5.83. The molecule has 1 nitrogen and oxygen atoms in total. The van der Waals surface area contributed by atoms with Crippen molar-refractivity contribution in [3.8, 4) is 5.75 Å². The molecule has 0 atom stereocenters. The van der Waals surface area contributed by atoms with E-state index in [0.29, 0.717) is 0 Å². The Bertz CT molecular complexity index is 448. The first-order chi connectivity index (χ1) is 8.43. The summed E-state index contributed by atoms with van der Waals surface area (Å²) in [6, 6.07) is 4.48. The van der Waals surface area contributed by atoms with Crippen LogP contribution in [0.25, 0.3) is 0 Å². The highest BCUT2D eigenvalue weighted by Gasteiger charge is 2.25. The summed E-state index contributed by atoms with van der Waals surface area (Å²) in [4.78, 5) is 0. The standard InChI is InChI=1S/C17H27BrO/c1-11(2)19-15-13(17(6,7)8)9-12(10-14(15)18)16(3,4)5/h9-11H,1-8H3. The highest BCUT2D eigenvalue weighted by Crippen LogP contribution is 2.41. The fraction of sp³-hybridized carbons (Fsp3) is 0.647. The lowest BCUT2D eigenvalue weighted by atomic mass is 9.80. The van der Waals surface area contributed by atoms with E-state index >= 15 is 0 Å². The van der Waals surface area contributed by atoms with Crippen LogP contribution < -0.4 is 4.74 Å². The Morgan fingerprint density at radius 2 is 1.47 bits per heavy atom. The van der Waals surface area contributed by atoms with Gasteiger partial charge in [-0.3, -0.25) is 0 Å². The molecule has 1 rings (SSSR count). The average molecular weight is 327 g/mol. The zero-order valence-electron chi connectivity index (χ0n) is 13.5. The minimum absolute atomic E-state index is 0.0635. The van der Waals surface area contributed by atoms with Gasteiger partial charge >= 0.3 is 0 Å². The molecular weight excluding hydrogens is 300 g/mol. The van der Waals surface area contributed by atoms with Crippen LogP contribution in [0.2, 0.25) is 0 Å². The molecule has 0 amide bonds. The molecule has 1 aromatic carbocycles. The van der Waals surface area contributed by atoms with Crippen molar-refractivity contribution in [2.24, 2.45) is 0 Å². The van der Waals surface area contributed by atoms with Crippen LogP contribution in [0.3, 0.4) is 0 Å². The van der Waals surface area contributed by atoms with Crippen molar-refractivity contribution in [1.82, 2.24) is 0 Å². The van der Waals surface area contributed by atoms with Crippen molar-refractivity contribution >= 4 is 15.9 Å². The molecular formula is C17H27BrO. The van der Waals surface area contributed by atoms with E-state index < -0.39 is 0 Å². The van der Waals surface area contributed by atoms with E-state index in [2.05, 4.69) is 83.5 Å². The van der Waals surface area contributed by atoms with Crippen molar-refractivity contribution in [3.63, 3.8) is 0 Å². The van der Waals surface area contributed by atoms with Crippen molar-refractivity contribution in [3.05, 3.63) is 27.7 Å². The first-order valence-electron chi connectivity index (χ1n) is 6.94. The molecule has 0 heterocycles. The molecule has 0 saturated heterocycles. The van der Waals surface area contributed by atoms with Gasteiger partial charge < -0.3 is 4.74 Å². The van der Waals surface area contributed by atoms with Crippen LogP contribution in [0.1, 0.15) is 66.5 Å². The summed E-state index contributed by atoms with van der Waals surface area (Å²) in [5.74, 6) is 0.982. The third-order valence-corrected chi connectivity index (χ3v) is 3.66. The number of halogens is 1. The maximum absolute atomic E-state index is 6.02. The summed E-state index contributed by atoms with van der Waals surface area (Å²) >= 11 is 3.69. The maximum Gasteiger partial charge on any atom is 0.137 e. The minimum Gasteiger partial charge on any atom is -0.490 e. The van der Waals surface area contributed by atoms with Gasteiger partial charge in [0, 0.05) is 5.56 Å². The van der Waals surface area contributed by atoms with Crippen LogP contribution in [-0.4, -0.2) is 6.10 Å². The molecule has 0 bridgehead atoms. The van der Waals surface area contributed by atoms with E-state index in [1.54, 1.807) is 0 Å². The summed E-state index contributed by atoms with van der Waals surface area (Å²) in [6.45, 7) is 17.5. The van der Waals surface area contributed by atoms with E-state index in [9.17, 15) is 0 Å². The number of hydrogen-bond acceptors (Lipinski definition) is 1. The Kier molecular flexibility index (Phi) is 4.77. The lowest BCUT2D eigenvalue weighted by Crippen LogP contribution is -2.19. The minimum atomic E-state index is 0.0635. The first-order valence-corrected chi connectivity index (χ1v) is 7.73. The predicted molar refractivity (Wildman–Crippen MR) is 87.3 cm³/mol. The summed E-state index contributed by atoms with van der Waals surface area (Å²) in [6.07, 6.45) is 0.179. The van der Waals surface area contributed by atoms with Crippen LogP contribution in [0, 0.1) is 0 Å². The third kappa shape index (κ3) is 4.24. The highest BCUT2D eigenvalue weighted by atomic mass is 79.9.